The second-order valence-electron chi connectivity index (χ2n) is 5.06. The molecule has 0 aliphatic carbocycles. The third kappa shape index (κ3) is 3.73. The monoisotopic (exact) mass is 338 g/mol. The van der Waals surface area contributed by atoms with Crippen LogP contribution >= 0.6 is 11.3 Å². The summed E-state index contributed by atoms with van der Waals surface area (Å²) in [5.74, 6) is -0.176. The summed E-state index contributed by atoms with van der Waals surface area (Å²) in [7, 11) is -0.425. The van der Waals surface area contributed by atoms with Crippen molar-refractivity contribution in [2.75, 3.05) is 14.1 Å². The number of carbonyl (C=O) groups excluding carboxylic acids is 1. The van der Waals surface area contributed by atoms with E-state index in [0.717, 1.165) is 21.8 Å². The number of benzene rings is 1. The molecule has 5 nitrogen and oxygen atoms in total. The highest BCUT2D eigenvalue weighted by Crippen LogP contribution is 2.23. The first-order valence-corrected chi connectivity index (χ1v) is 8.92. The normalized spacial score (nSPS) is 11.6. The smallest absolute Gasteiger partial charge is 0.252 e. The quantitative estimate of drug-likeness (QED) is 0.909. The van der Waals surface area contributed by atoms with Crippen molar-refractivity contribution in [1.29, 1.82) is 0 Å². The van der Waals surface area contributed by atoms with Crippen molar-refractivity contribution in [1.82, 2.24) is 9.62 Å². The summed E-state index contributed by atoms with van der Waals surface area (Å²) in [6, 6.07) is 10.6. The summed E-state index contributed by atoms with van der Waals surface area (Å²) in [5.41, 5.74) is 1.68. The molecule has 0 aliphatic heterocycles. The lowest BCUT2D eigenvalue weighted by atomic mass is 10.1. The minimum Gasteiger partial charge on any atom is -0.347 e. The zero-order chi connectivity index (χ0) is 16.3. The molecule has 0 spiro atoms. The molecule has 0 fully saturated rings. The van der Waals surface area contributed by atoms with Crippen LogP contribution in [-0.4, -0.2) is 32.7 Å². The first kappa shape index (κ1) is 16.7. The van der Waals surface area contributed by atoms with Crippen LogP contribution in [0.25, 0.3) is 0 Å². The van der Waals surface area contributed by atoms with Gasteiger partial charge in [-0.2, -0.15) is 0 Å². The van der Waals surface area contributed by atoms with Gasteiger partial charge in [0.15, 0.2) is 0 Å². The lowest BCUT2D eigenvalue weighted by molar-refractivity contribution is 0.0951. The highest BCUT2D eigenvalue weighted by molar-refractivity contribution is 7.91. The number of hydrogen-bond acceptors (Lipinski definition) is 4. The number of carbonyl (C=O) groups is 1. The number of aryl methyl sites for hydroxylation is 1. The van der Waals surface area contributed by atoms with Crippen LogP contribution in [0.1, 0.15) is 20.8 Å². The summed E-state index contributed by atoms with van der Waals surface area (Å²) in [6.45, 7) is 2.26. The molecule has 118 valence electrons. The van der Waals surface area contributed by atoms with Crippen molar-refractivity contribution in [2.45, 2.75) is 17.7 Å². The Balaban J connectivity index is 2.02. The fourth-order valence-corrected chi connectivity index (χ4v) is 4.21. The van der Waals surface area contributed by atoms with Gasteiger partial charge >= 0.3 is 0 Å². The molecule has 0 saturated carbocycles. The topological polar surface area (TPSA) is 66.5 Å². The minimum absolute atomic E-state index is 0.176. The molecule has 22 heavy (non-hydrogen) atoms. The Kier molecular flexibility index (Phi) is 5.00. The molecule has 1 aromatic heterocycles. The molecule has 0 aliphatic rings. The Hall–Kier alpha value is -1.70. The third-order valence-electron chi connectivity index (χ3n) is 3.11. The van der Waals surface area contributed by atoms with Gasteiger partial charge in [0.25, 0.3) is 15.9 Å². The van der Waals surface area contributed by atoms with Crippen molar-refractivity contribution < 1.29 is 13.2 Å². The van der Waals surface area contributed by atoms with Crippen LogP contribution in [-0.2, 0) is 16.6 Å². The average molecular weight is 338 g/mol. The van der Waals surface area contributed by atoms with Crippen LogP contribution in [0.2, 0.25) is 0 Å². The summed E-state index contributed by atoms with van der Waals surface area (Å²) in [5, 5.41) is 2.79. The molecule has 1 amide bonds. The summed E-state index contributed by atoms with van der Waals surface area (Å²) >= 11 is 1.16. The predicted octanol–water partition coefficient (Wildman–Crippen LogP) is 2.24. The number of amides is 1. The number of sulfonamides is 1. The molecule has 1 N–H and O–H groups in total. The Morgan fingerprint density at radius 3 is 2.36 bits per heavy atom. The van der Waals surface area contributed by atoms with Gasteiger partial charge in [-0.05, 0) is 31.2 Å². The van der Waals surface area contributed by atoms with E-state index in [1.54, 1.807) is 24.3 Å². The van der Waals surface area contributed by atoms with Gasteiger partial charge in [-0.15, -0.1) is 11.3 Å². The van der Waals surface area contributed by atoms with E-state index in [2.05, 4.69) is 5.32 Å². The highest BCUT2D eigenvalue weighted by Gasteiger charge is 2.19. The van der Waals surface area contributed by atoms with Crippen LogP contribution in [0.15, 0.2) is 40.6 Å². The van der Waals surface area contributed by atoms with Crippen molar-refractivity contribution in [3.63, 3.8) is 0 Å². The molecular formula is C15H18N2O3S2. The van der Waals surface area contributed by atoms with E-state index in [1.807, 2.05) is 19.1 Å². The molecule has 0 unspecified atom stereocenters. The Morgan fingerprint density at radius 2 is 1.77 bits per heavy atom. The predicted molar refractivity (Wildman–Crippen MR) is 87.5 cm³/mol. The van der Waals surface area contributed by atoms with Gasteiger partial charge in [-0.3, -0.25) is 4.79 Å². The molecule has 2 rings (SSSR count). The molecule has 2 aromatic rings. The van der Waals surface area contributed by atoms with Crippen LogP contribution < -0.4 is 5.32 Å². The van der Waals surface area contributed by atoms with Gasteiger partial charge in [-0.25, -0.2) is 12.7 Å². The SMILES string of the molecule is Cc1ccc(C(=O)NCc2ccc(S(=O)(=O)N(C)C)s2)cc1. The molecular weight excluding hydrogens is 320 g/mol. The summed E-state index contributed by atoms with van der Waals surface area (Å²) < 4.78 is 25.4. The van der Waals surface area contributed by atoms with Gasteiger partial charge in [0, 0.05) is 24.5 Å². The molecule has 1 aromatic carbocycles. The summed E-state index contributed by atoms with van der Waals surface area (Å²) in [4.78, 5) is 12.8. The number of rotatable bonds is 5. The lowest BCUT2D eigenvalue weighted by Crippen LogP contribution is -2.22. The van der Waals surface area contributed by atoms with Crippen molar-refractivity contribution in [3.8, 4) is 0 Å². The molecule has 0 bridgehead atoms. The second-order valence-corrected chi connectivity index (χ2v) is 8.60. The van der Waals surface area contributed by atoms with E-state index < -0.39 is 10.0 Å². The second kappa shape index (κ2) is 6.60. The number of hydrogen-bond donors (Lipinski definition) is 1. The van der Waals surface area contributed by atoms with Crippen LogP contribution in [0, 0.1) is 6.92 Å². The fraction of sp³-hybridized carbons (Fsp3) is 0.267. The average Bonchev–Trinajstić information content (AvgIpc) is 2.95. The Bertz CT molecular complexity index is 762. The van der Waals surface area contributed by atoms with Crippen molar-refractivity contribution >= 4 is 27.3 Å². The van der Waals surface area contributed by atoms with Gasteiger partial charge in [0.05, 0.1) is 6.54 Å². The van der Waals surface area contributed by atoms with Crippen LogP contribution in [0.3, 0.4) is 0 Å². The Morgan fingerprint density at radius 1 is 1.14 bits per heavy atom. The van der Waals surface area contributed by atoms with E-state index in [9.17, 15) is 13.2 Å². The molecule has 7 heteroatoms. The lowest BCUT2D eigenvalue weighted by Gasteiger charge is -2.08. The third-order valence-corrected chi connectivity index (χ3v) is 6.48. The van der Waals surface area contributed by atoms with E-state index in [0.29, 0.717) is 12.1 Å². The zero-order valence-electron chi connectivity index (χ0n) is 12.7. The maximum Gasteiger partial charge on any atom is 0.252 e. The maximum atomic E-state index is 12.0. The van der Waals surface area contributed by atoms with Gasteiger partial charge < -0.3 is 5.32 Å². The largest absolute Gasteiger partial charge is 0.347 e. The van der Waals surface area contributed by atoms with Crippen molar-refractivity contribution in [2.24, 2.45) is 0 Å². The summed E-state index contributed by atoms with van der Waals surface area (Å²) in [6.07, 6.45) is 0. The van der Waals surface area contributed by atoms with E-state index in [-0.39, 0.29) is 10.1 Å². The van der Waals surface area contributed by atoms with E-state index in [1.165, 1.54) is 18.4 Å². The van der Waals surface area contributed by atoms with Crippen LogP contribution in [0.5, 0.6) is 0 Å². The molecule has 0 saturated heterocycles. The molecule has 1 heterocycles. The Labute approximate surface area is 134 Å². The standard InChI is InChI=1S/C15H18N2O3S2/c1-11-4-6-12(7-5-11)15(18)16-10-13-8-9-14(21-13)22(19,20)17(2)3/h4-9H,10H2,1-3H3,(H,16,18). The van der Waals surface area contributed by atoms with E-state index in [4.69, 9.17) is 0 Å². The highest BCUT2D eigenvalue weighted by atomic mass is 32.2. The van der Waals surface area contributed by atoms with Crippen LogP contribution in [0.4, 0.5) is 0 Å². The number of nitrogens with one attached hydrogen (secondary N) is 1. The fourth-order valence-electron chi connectivity index (χ4n) is 1.75. The van der Waals surface area contributed by atoms with E-state index >= 15 is 0 Å². The van der Waals surface area contributed by atoms with Gasteiger partial charge in [0.1, 0.15) is 4.21 Å². The van der Waals surface area contributed by atoms with Gasteiger partial charge in [0.2, 0.25) is 0 Å². The number of thiophene rings is 1. The number of nitrogens with zero attached hydrogens (tertiary/aromatic N) is 1. The molecule has 0 radical (unpaired) electrons. The first-order valence-electron chi connectivity index (χ1n) is 6.67. The maximum absolute atomic E-state index is 12.0. The molecule has 0 atom stereocenters. The van der Waals surface area contributed by atoms with Gasteiger partial charge in [-0.1, -0.05) is 17.7 Å². The zero-order valence-corrected chi connectivity index (χ0v) is 14.3. The first-order chi connectivity index (χ1) is 10.3. The minimum atomic E-state index is -3.41. The van der Waals surface area contributed by atoms with Crippen molar-refractivity contribution in [3.05, 3.63) is 52.4 Å².